The molecule has 0 aliphatic heterocycles. The largest absolute Gasteiger partial charge is 0.693 e. The van der Waals surface area contributed by atoms with Crippen LogP contribution in [-0.2, 0) is 45.3 Å². The molecule has 0 saturated heterocycles. The maximum Gasteiger partial charge on any atom is 0.124 e. The summed E-state index contributed by atoms with van der Waals surface area (Å²) < 4.78 is 0. The number of amidine groups is 1. The van der Waals surface area contributed by atoms with Crippen LogP contribution >= 0.6 is 0 Å². The predicted octanol–water partition coefficient (Wildman–Crippen LogP) is -0.742. The van der Waals surface area contributed by atoms with Crippen LogP contribution in [0.15, 0.2) is 30.3 Å². The second-order valence-electron chi connectivity index (χ2n) is 1.86. The molecule has 1 radical (unpaired) electrons. The first-order valence-electron chi connectivity index (χ1n) is 2.90. The number of rotatable bonds is 1. The summed E-state index contributed by atoms with van der Waals surface area (Å²) in [5, 5.41) is 0.297. The van der Waals surface area contributed by atoms with Gasteiger partial charge in [-0.1, -0.05) is 18.2 Å². The first-order valence-corrected chi connectivity index (χ1v) is 3.31. The third kappa shape index (κ3) is 4.46. The van der Waals surface area contributed by atoms with Crippen LogP contribution in [0.3, 0.4) is 0 Å². The first kappa shape index (κ1) is 11.0. The summed E-state index contributed by atoms with van der Waals surface area (Å²) in [7, 11) is 0. The second-order valence-corrected chi connectivity index (χ2v) is 2.30. The molecular formula is C7H8N2SY. The van der Waals surface area contributed by atoms with Crippen LogP contribution in [0, 0.1) is 0 Å². The van der Waals surface area contributed by atoms with E-state index in [9.17, 15) is 0 Å². The number of para-hydroxylation sites is 1. The minimum atomic E-state index is 0. The zero-order valence-corrected chi connectivity index (χ0v) is 9.60. The van der Waals surface area contributed by atoms with E-state index in [1.807, 2.05) is 30.3 Å². The van der Waals surface area contributed by atoms with E-state index >= 15 is 0 Å². The number of nitrogens with two attached hydrogens (primary N) is 1. The summed E-state index contributed by atoms with van der Waals surface area (Å²) in [6.45, 7) is 0. The molecule has 0 heterocycles. The molecule has 0 aliphatic carbocycles. The van der Waals surface area contributed by atoms with Crippen LogP contribution in [0.5, 0.6) is 0 Å². The predicted molar refractivity (Wildman–Crippen MR) is 43.6 cm³/mol. The molecule has 0 unspecified atom stereocenters. The Balaban J connectivity index is 0.000001000. The van der Waals surface area contributed by atoms with Gasteiger partial charge in [0.2, 0.25) is 0 Å². The van der Waals surface area contributed by atoms with Gasteiger partial charge in [-0.15, -0.1) is 0 Å². The molecule has 0 spiro atoms. The molecule has 0 saturated carbocycles. The normalized spacial score (nSPS) is 10.4. The molecule has 4 heteroatoms. The van der Waals surface area contributed by atoms with Gasteiger partial charge < -0.3 is 18.4 Å². The standard InChI is InChI=1S/C7H8N2S.Y/c8-7(10)9-6-4-2-1-3-5-6;/h1-5H,(H3,8,9,10);. The average Bonchev–Trinajstić information content (AvgIpc) is 1.88. The topological polar surface area (TPSA) is 40.0 Å². The molecule has 0 atom stereocenters. The summed E-state index contributed by atoms with van der Waals surface area (Å²) >= 11 is 4.64. The molecular weight excluding hydrogens is 233 g/mol. The zero-order chi connectivity index (χ0) is 7.40. The fraction of sp³-hybridized carbons (Fsp3) is 0. The molecule has 11 heavy (non-hydrogen) atoms. The van der Waals surface area contributed by atoms with Gasteiger partial charge in [0.25, 0.3) is 0 Å². The molecule has 1 aromatic rings. The second kappa shape index (κ2) is 5.64. The van der Waals surface area contributed by atoms with E-state index in [1.165, 1.54) is 0 Å². The van der Waals surface area contributed by atoms with Crippen molar-refractivity contribution in [1.29, 1.82) is 0 Å². The summed E-state index contributed by atoms with van der Waals surface area (Å²) in [4.78, 5) is 2.81. The van der Waals surface area contributed by atoms with Crippen molar-refractivity contribution in [2.75, 3.05) is 0 Å². The van der Waals surface area contributed by atoms with Crippen molar-refractivity contribution in [2.24, 2.45) is 5.73 Å². The summed E-state index contributed by atoms with van der Waals surface area (Å²) in [6.07, 6.45) is 0. The van der Waals surface area contributed by atoms with E-state index in [-0.39, 0.29) is 32.7 Å². The van der Waals surface area contributed by atoms with E-state index in [0.29, 0.717) is 5.17 Å². The monoisotopic (exact) mass is 241 g/mol. The minimum absolute atomic E-state index is 0. The smallest absolute Gasteiger partial charge is 0.124 e. The molecule has 55 valence electrons. The van der Waals surface area contributed by atoms with Crippen LogP contribution < -0.4 is 10.7 Å². The third-order valence-electron chi connectivity index (χ3n) is 1.04. The third-order valence-corrected chi connectivity index (χ3v) is 1.14. The maximum absolute atomic E-state index is 5.24. The van der Waals surface area contributed by atoms with Gasteiger partial charge in [-0.2, -0.15) is 0 Å². The molecule has 0 aliphatic rings. The number of hydrogen-bond donors (Lipinski definition) is 2. The van der Waals surface area contributed by atoms with Gasteiger partial charge in [-0.3, -0.25) is 4.99 Å². The summed E-state index contributed by atoms with van der Waals surface area (Å²) in [5.41, 5.74) is 6.17. The van der Waals surface area contributed by atoms with Crippen LogP contribution in [0.4, 0.5) is 5.69 Å². The van der Waals surface area contributed by atoms with E-state index < -0.39 is 0 Å². The van der Waals surface area contributed by atoms with Crippen molar-refractivity contribution in [1.82, 2.24) is 0 Å². The number of benzene rings is 1. The van der Waals surface area contributed by atoms with Gasteiger partial charge >= 0.3 is 0 Å². The van der Waals surface area contributed by atoms with Crippen molar-refractivity contribution in [3.05, 3.63) is 30.3 Å². The van der Waals surface area contributed by atoms with Crippen molar-refractivity contribution in [3.8, 4) is 0 Å². The molecule has 0 aromatic heterocycles. The average molecular weight is 241 g/mol. The first-order chi connectivity index (χ1) is 4.79. The Morgan fingerprint density at radius 1 is 1.27 bits per heavy atom. The Hall–Kier alpha value is 0.0139. The summed E-state index contributed by atoms with van der Waals surface area (Å²) in [6, 6.07) is 9.57. The Morgan fingerprint density at radius 3 is 2.27 bits per heavy atom. The zero-order valence-electron chi connectivity index (χ0n) is 5.95. The van der Waals surface area contributed by atoms with Gasteiger partial charge in [0.05, 0.1) is 0 Å². The van der Waals surface area contributed by atoms with Crippen molar-refractivity contribution in [2.45, 2.75) is 0 Å². The number of hydrogen-bond acceptors (Lipinski definition) is 1. The minimum Gasteiger partial charge on any atom is -0.693 e. The Kier molecular flexibility index (Phi) is 5.64. The van der Waals surface area contributed by atoms with Crippen molar-refractivity contribution < 1.29 is 37.7 Å². The van der Waals surface area contributed by atoms with E-state index in [4.69, 9.17) is 5.73 Å². The molecule has 0 fully saturated rings. The van der Waals surface area contributed by atoms with Crippen LogP contribution in [0.25, 0.3) is 0 Å². The molecule has 2 nitrogen and oxygen atoms in total. The molecule has 3 N–H and O–H groups in total. The Bertz CT molecular complexity index is 231. The van der Waals surface area contributed by atoms with E-state index in [1.54, 1.807) is 0 Å². The fourth-order valence-corrected chi connectivity index (χ4v) is 0.782. The van der Waals surface area contributed by atoms with Crippen LogP contribution in [0.2, 0.25) is 0 Å². The van der Waals surface area contributed by atoms with Crippen molar-refractivity contribution in [3.63, 3.8) is 0 Å². The van der Waals surface area contributed by atoms with E-state index in [2.05, 4.69) is 17.6 Å². The molecule has 0 amide bonds. The van der Waals surface area contributed by atoms with Gasteiger partial charge in [0, 0.05) is 32.7 Å². The molecule has 0 bridgehead atoms. The van der Waals surface area contributed by atoms with Crippen molar-refractivity contribution >= 4 is 23.5 Å². The van der Waals surface area contributed by atoms with Gasteiger partial charge in [-0.25, -0.2) is 0 Å². The van der Waals surface area contributed by atoms with Gasteiger partial charge in [0.1, 0.15) is 10.9 Å². The number of nitrogens with one attached hydrogen (secondary N) is 1. The Labute approximate surface area is 96.6 Å². The van der Waals surface area contributed by atoms with Crippen LogP contribution in [-0.4, -0.2) is 5.17 Å². The quantitative estimate of drug-likeness (QED) is 0.386. The van der Waals surface area contributed by atoms with E-state index in [0.717, 1.165) is 5.69 Å². The maximum atomic E-state index is 5.24. The van der Waals surface area contributed by atoms with Gasteiger partial charge in [-0.05, 0) is 12.1 Å². The molecule has 1 aromatic carbocycles. The molecule has 1 rings (SSSR count). The summed E-state index contributed by atoms with van der Waals surface area (Å²) in [5.74, 6) is 0. The fourth-order valence-electron chi connectivity index (χ4n) is 0.664. The van der Waals surface area contributed by atoms with Crippen LogP contribution in [0.1, 0.15) is 0 Å². The Morgan fingerprint density at radius 2 is 1.82 bits per heavy atom. The van der Waals surface area contributed by atoms with Gasteiger partial charge in [0.15, 0.2) is 0 Å². The SMILES string of the molecule is NC([S-])=[NH+]c1ccccc1.[Y].